The van der Waals surface area contributed by atoms with E-state index in [1.165, 1.54) is 0 Å². The van der Waals surface area contributed by atoms with Gasteiger partial charge in [0.15, 0.2) is 16.6 Å². The summed E-state index contributed by atoms with van der Waals surface area (Å²) in [6, 6.07) is 1.69. The summed E-state index contributed by atoms with van der Waals surface area (Å²) in [5.74, 6) is -0.720. The molecule has 0 N–H and O–H groups in total. The number of carbonyl (C=O) groups is 2. The molecule has 0 radical (unpaired) electrons. The Morgan fingerprint density at radius 1 is 0.714 bits per heavy atom. The van der Waals surface area contributed by atoms with Crippen LogP contribution in [0.2, 0.25) is 51.4 Å². The first-order valence-corrected chi connectivity index (χ1v) is 21.3. The van der Waals surface area contributed by atoms with E-state index in [9.17, 15) is 9.59 Å². The summed E-state index contributed by atoms with van der Waals surface area (Å²) >= 11 is 0. The number of ether oxygens (including phenoxy) is 3. The van der Waals surface area contributed by atoms with Crippen molar-refractivity contribution in [2.75, 3.05) is 13.2 Å². The highest BCUT2D eigenvalue weighted by molar-refractivity contribution is 6.82. The lowest BCUT2D eigenvalue weighted by atomic mass is 10.4. The van der Waals surface area contributed by atoms with E-state index in [-0.39, 0.29) is 11.9 Å². The molecule has 0 rings (SSSR count). The van der Waals surface area contributed by atoms with Gasteiger partial charge in [-0.1, -0.05) is 13.2 Å². The lowest BCUT2D eigenvalue weighted by molar-refractivity contribution is -0.178. The fourth-order valence-electron chi connectivity index (χ4n) is 3.55. The quantitative estimate of drug-likeness (QED) is 0.0690. The van der Waals surface area contributed by atoms with Crippen LogP contribution in [0, 0.1) is 0 Å². The summed E-state index contributed by atoms with van der Waals surface area (Å²) in [4.78, 5) is 23.0. The first-order valence-electron chi connectivity index (χ1n) is 12.2. The zero-order valence-electron chi connectivity index (χ0n) is 23.6. The summed E-state index contributed by atoms with van der Waals surface area (Å²) in [5, 5.41) is 0. The van der Waals surface area contributed by atoms with Gasteiger partial charge in [0.05, 0.1) is 13.2 Å². The van der Waals surface area contributed by atoms with Crippen molar-refractivity contribution in [1.82, 2.24) is 0 Å². The van der Waals surface area contributed by atoms with Gasteiger partial charge in [0.25, 0.3) is 0 Å². The molecule has 204 valence electrons. The fourth-order valence-corrected chi connectivity index (χ4v) is 13.4. The molecule has 2 unspecified atom stereocenters. The third-order valence-corrected chi connectivity index (χ3v) is 14.0. The van der Waals surface area contributed by atoms with Crippen LogP contribution in [-0.2, 0) is 36.8 Å². The summed E-state index contributed by atoms with van der Waals surface area (Å²) in [6.45, 7) is 27.4. The average molecular weight is 549 g/mol. The minimum Gasteiger partial charge on any atom is -0.462 e. The van der Waals surface area contributed by atoms with Crippen LogP contribution in [0.3, 0.4) is 0 Å². The zero-order chi connectivity index (χ0) is 27.4. The van der Waals surface area contributed by atoms with Crippen LogP contribution in [0.1, 0.15) is 40.5 Å². The van der Waals surface area contributed by atoms with Gasteiger partial charge < -0.3 is 27.2 Å². The van der Waals surface area contributed by atoms with E-state index in [0.29, 0.717) is 24.4 Å². The van der Waals surface area contributed by atoms with E-state index in [2.05, 4.69) is 39.3 Å². The lowest BCUT2D eigenvalue weighted by Crippen LogP contribution is -2.49. The third-order valence-electron chi connectivity index (χ3n) is 4.85. The highest BCUT2D eigenvalue weighted by Gasteiger charge is 2.36. The molecule has 0 spiro atoms. The van der Waals surface area contributed by atoms with Crippen LogP contribution in [0.15, 0.2) is 24.3 Å². The fraction of sp³-hybridized carbons (Fsp3) is 0.750. The molecule has 11 heteroatoms. The standard InChI is InChI=1S/C24H48O8Si3/c1-19(2)23(25)27-15-13-17-33(7,8)30-21(5)29-22(6)31-35(11,12)32-34(9,10)18-14-16-28-24(26)20(3)4/h21-22H,1,3,13-18H2,2,4-12H3. The topological polar surface area (TPSA) is 89.5 Å². The van der Waals surface area contributed by atoms with Crippen molar-refractivity contribution >= 4 is 37.1 Å². The third kappa shape index (κ3) is 17.1. The molecule has 0 aromatic carbocycles. The van der Waals surface area contributed by atoms with Crippen molar-refractivity contribution in [2.45, 2.75) is 104 Å². The SMILES string of the molecule is C=C(C)C(=O)OCCC[Si](C)(C)OC(C)OC(C)O[Si](C)(C)O[Si](C)(C)CCCOC(=O)C(=C)C. The van der Waals surface area contributed by atoms with Crippen molar-refractivity contribution in [1.29, 1.82) is 0 Å². The highest BCUT2D eigenvalue weighted by Crippen LogP contribution is 2.23. The predicted molar refractivity (Wildman–Crippen MR) is 146 cm³/mol. The number of esters is 2. The van der Waals surface area contributed by atoms with Crippen molar-refractivity contribution in [3.8, 4) is 0 Å². The molecule has 0 aliphatic carbocycles. The predicted octanol–water partition coefficient (Wildman–Crippen LogP) is 5.88. The lowest BCUT2D eigenvalue weighted by Gasteiger charge is -2.36. The summed E-state index contributed by atoms with van der Waals surface area (Å²) < 4.78 is 35.1. The summed E-state index contributed by atoms with van der Waals surface area (Å²) in [6.07, 6.45) is 0.569. The molecule has 0 aromatic heterocycles. The Labute approximate surface area is 215 Å². The van der Waals surface area contributed by atoms with Crippen LogP contribution in [0.25, 0.3) is 0 Å². The van der Waals surface area contributed by atoms with Crippen LogP contribution in [0.4, 0.5) is 0 Å². The Morgan fingerprint density at radius 2 is 1.11 bits per heavy atom. The van der Waals surface area contributed by atoms with Crippen LogP contribution in [-0.4, -0.2) is 62.9 Å². The van der Waals surface area contributed by atoms with Gasteiger partial charge in [-0.05, 0) is 91.9 Å². The first-order chi connectivity index (χ1) is 15.9. The van der Waals surface area contributed by atoms with Crippen LogP contribution in [0.5, 0.6) is 0 Å². The van der Waals surface area contributed by atoms with E-state index >= 15 is 0 Å². The molecular weight excluding hydrogens is 501 g/mol. The summed E-state index contributed by atoms with van der Waals surface area (Å²) in [5.41, 5.74) is 0.807. The van der Waals surface area contributed by atoms with Gasteiger partial charge in [0.1, 0.15) is 12.6 Å². The Morgan fingerprint density at radius 3 is 1.54 bits per heavy atom. The highest BCUT2D eigenvalue weighted by atomic mass is 28.4. The minimum atomic E-state index is -2.46. The van der Waals surface area contributed by atoms with Gasteiger partial charge in [-0.15, -0.1) is 0 Å². The van der Waals surface area contributed by atoms with Gasteiger partial charge in [-0.2, -0.15) is 0 Å². The molecule has 0 fully saturated rings. The molecule has 0 saturated heterocycles. The maximum absolute atomic E-state index is 11.5. The first kappa shape index (κ1) is 33.9. The normalized spacial score (nSPS) is 14.2. The number of hydrogen-bond acceptors (Lipinski definition) is 8. The van der Waals surface area contributed by atoms with Crippen LogP contribution >= 0.6 is 0 Å². The van der Waals surface area contributed by atoms with Gasteiger partial charge in [0, 0.05) is 11.1 Å². The molecule has 0 aromatic rings. The van der Waals surface area contributed by atoms with E-state index in [0.717, 1.165) is 24.9 Å². The second-order valence-corrected chi connectivity index (χ2v) is 22.7. The molecule has 2 atom stereocenters. The smallest absolute Gasteiger partial charge is 0.333 e. The molecule has 0 amide bonds. The average Bonchev–Trinajstić information content (AvgIpc) is 2.65. The maximum Gasteiger partial charge on any atom is 0.333 e. The Hall–Kier alpha value is -1.09. The Bertz CT molecular complexity index is 722. The van der Waals surface area contributed by atoms with E-state index in [4.69, 9.17) is 27.2 Å². The Balaban J connectivity index is 4.47. The van der Waals surface area contributed by atoms with Gasteiger partial charge in [-0.25, -0.2) is 9.59 Å². The van der Waals surface area contributed by atoms with Gasteiger partial charge in [-0.3, -0.25) is 0 Å². The zero-order valence-corrected chi connectivity index (χ0v) is 26.6. The largest absolute Gasteiger partial charge is 0.462 e. The van der Waals surface area contributed by atoms with E-state index in [1.807, 2.05) is 26.9 Å². The summed E-state index contributed by atoms with van der Waals surface area (Å²) in [7, 11) is -6.49. The molecule has 0 heterocycles. The van der Waals surface area contributed by atoms with Crippen molar-refractivity contribution in [3.05, 3.63) is 24.3 Å². The molecule has 0 aliphatic heterocycles. The van der Waals surface area contributed by atoms with Gasteiger partial charge in [0.2, 0.25) is 0 Å². The second kappa shape index (κ2) is 15.2. The molecule has 0 bridgehead atoms. The Kier molecular flexibility index (Phi) is 14.8. The van der Waals surface area contributed by atoms with Crippen molar-refractivity contribution in [3.63, 3.8) is 0 Å². The van der Waals surface area contributed by atoms with Crippen molar-refractivity contribution < 1.29 is 36.8 Å². The van der Waals surface area contributed by atoms with E-state index < -0.39 is 37.8 Å². The van der Waals surface area contributed by atoms with Crippen molar-refractivity contribution in [2.24, 2.45) is 0 Å². The van der Waals surface area contributed by atoms with Crippen LogP contribution < -0.4 is 0 Å². The van der Waals surface area contributed by atoms with Gasteiger partial charge >= 0.3 is 20.5 Å². The minimum absolute atomic E-state index is 0.355. The second-order valence-electron chi connectivity index (χ2n) is 10.6. The molecular formula is C24H48O8Si3. The molecule has 8 nitrogen and oxygen atoms in total. The number of rotatable bonds is 18. The number of carbonyl (C=O) groups excluding carboxylic acids is 2. The monoisotopic (exact) mass is 548 g/mol. The maximum atomic E-state index is 11.5. The molecule has 0 aliphatic rings. The number of hydrogen-bond donors (Lipinski definition) is 0. The molecule has 35 heavy (non-hydrogen) atoms. The van der Waals surface area contributed by atoms with E-state index in [1.54, 1.807) is 13.8 Å². The molecule has 0 saturated carbocycles.